The third-order valence-electron chi connectivity index (χ3n) is 7.29. The van der Waals surface area contributed by atoms with Crippen LogP contribution in [0.2, 0.25) is 0 Å². The molecule has 0 amide bonds. The maximum absolute atomic E-state index is 13.1. The molecule has 13 heteroatoms. The summed E-state index contributed by atoms with van der Waals surface area (Å²) < 4.78 is 42.9. The Kier molecular flexibility index (Phi) is 10.5. The van der Waals surface area contributed by atoms with Crippen molar-refractivity contribution in [2.75, 3.05) is 40.6 Å². The lowest BCUT2D eigenvalue weighted by molar-refractivity contribution is -0.148. The van der Waals surface area contributed by atoms with Gasteiger partial charge in [-0.3, -0.25) is 19.2 Å². The van der Waals surface area contributed by atoms with E-state index in [-0.39, 0.29) is 75.1 Å². The SMILES string of the molecule is COCCOC(=O)CCC(=O)Oc1ccc2c(c1)Oc1cc(OC(=O)CCC(=O)OCCOC)ccc1C21OC(=O)c2ccccc21. The second-order valence-corrected chi connectivity index (χ2v) is 10.4. The quantitative estimate of drug-likeness (QED) is 0.107. The molecule has 2 heterocycles. The van der Waals surface area contributed by atoms with E-state index < -0.39 is 35.4 Å². The molecule has 0 N–H and O–H groups in total. The maximum atomic E-state index is 13.1. The highest BCUT2D eigenvalue weighted by atomic mass is 16.6. The van der Waals surface area contributed by atoms with Crippen molar-refractivity contribution in [3.8, 4) is 23.0 Å². The molecule has 3 aromatic carbocycles. The number of ether oxygens (including phenoxy) is 8. The van der Waals surface area contributed by atoms with Crippen LogP contribution in [0.1, 0.15) is 52.7 Å². The van der Waals surface area contributed by atoms with Gasteiger partial charge >= 0.3 is 29.8 Å². The van der Waals surface area contributed by atoms with Gasteiger partial charge < -0.3 is 37.9 Å². The number of hydrogen-bond donors (Lipinski definition) is 0. The van der Waals surface area contributed by atoms with Crippen LogP contribution < -0.4 is 14.2 Å². The summed E-state index contributed by atoms with van der Waals surface area (Å²) >= 11 is 0. The standard InChI is InChI=1S/C34H32O13/c1-40-15-17-42-29(35)11-13-31(37)44-21-7-9-25-27(19-21)46-28-20-22(45-32(38)14-12-30(36)43-18-16-41-2)8-10-26(28)34(25)24-6-4-3-5-23(24)33(39)47-34/h3-10,19-20H,11-18H2,1-2H3. The van der Waals surface area contributed by atoms with Crippen molar-refractivity contribution < 1.29 is 61.9 Å². The molecule has 0 atom stereocenters. The highest BCUT2D eigenvalue weighted by Gasteiger charge is 2.53. The van der Waals surface area contributed by atoms with Crippen LogP contribution in [-0.4, -0.2) is 70.5 Å². The van der Waals surface area contributed by atoms with E-state index in [0.29, 0.717) is 22.3 Å². The first-order valence-electron chi connectivity index (χ1n) is 14.8. The minimum absolute atomic E-state index is 0.0777. The van der Waals surface area contributed by atoms with Crippen molar-refractivity contribution in [2.45, 2.75) is 31.3 Å². The molecule has 0 fully saturated rings. The van der Waals surface area contributed by atoms with E-state index in [9.17, 15) is 24.0 Å². The number of methoxy groups -OCH3 is 2. The van der Waals surface area contributed by atoms with E-state index in [0.717, 1.165) is 0 Å². The van der Waals surface area contributed by atoms with Crippen molar-refractivity contribution in [1.82, 2.24) is 0 Å². The molecule has 0 radical (unpaired) electrons. The molecule has 2 aliphatic heterocycles. The fraction of sp³-hybridized carbons (Fsp3) is 0.324. The zero-order chi connectivity index (χ0) is 33.4. The Balaban J connectivity index is 1.37. The molecule has 0 saturated carbocycles. The Morgan fingerprint density at radius 1 is 0.617 bits per heavy atom. The molecular weight excluding hydrogens is 616 g/mol. The summed E-state index contributed by atoms with van der Waals surface area (Å²) in [7, 11) is 2.96. The predicted octanol–water partition coefficient (Wildman–Crippen LogP) is 4.01. The first-order valence-corrected chi connectivity index (χ1v) is 14.8. The number of esters is 5. The van der Waals surface area contributed by atoms with Crippen LogP contribution >= 0.6 is 0 Å². The molecule has 5 rings (SSSR count). The van der Waals surface area contributed by atoms with Gasteiger partial charge in [0, 0.05) is 43.0 Å². The first-order chi connectivity index (χ1) is 22.7. The Morgan fingerprint density at radius 3 is 1.62 bits per heavy atom. The summed E-state index contributed by atoms with van der Waals surface area (Å²) in [5, 5.41) is 0. The maximum Gasteiger partial charge on any atom is 0.340 e. The average molecular weight is 649 g/mol. The van der Waals surface area contributed by atoms with Crippen LogP contribution in [0.5, 0.6) is 23.0 Å². The van der Waals surface area contributed by atoms with E-state index in [4.69, 9.17) is 37.9 Å². The second-order valence-electron chi connectivity index (χ2n) is 10.4. The smallest absolute Gasteiger partial charge is 0.340 e. The van der Waals surface area contributed by atoms with E-state index in [1.54, 1.807) is 36.4 Å². The lowest BCUT2D eigenvalue weighted by Crippen LogP contribution is -2.33. The largest absolute Gasteiger partial charge is 0.463 e. The molecule has 47 heavy (non-hydrogen) atoms. The molecule has 1 spiro atoms. The average Bonchev–Trinajstić information content (AvgIpc) is 3.35. The molecule has 0 aromatic heterocycles. The second kappa shape index (κ2) is 14.9. The number of rotatable bonds is 14. The number of benzene rings is 3. The van der Waals surface area contributed by atoms with Crippen LogP contribution in [0.4, 0.5) is 0 Å². The zero-order valence-corrected chi connectivity index (χ0v) is 25.7. The normalized spacial score (nSPS) is 13.4. The van der Waals surface area contributed by atoms with E-state index >= 15 is 0 Å². The fourth-order valence-corrected chi connectivity index (χ4v) is 5.16. The van der Waals surface area contributed by atoms with Crippen LogP contribution in [-0.2, 0) is 48.5 Å². The van der Waals surface area contributed by atoms with Crippen molar-refractivity contribution in [3.05, 3.63) is 82.9 Å². The molecule has 0 unspecified atom stereocenters. The van der Waals surface area contributed by atoms with Gasteiger partial charge in [-0.25, -0.2) is 4.79 Å². The Bertz CT molecular complexity index is 1590. The predicted molar refractivity (Wildman–Crippen MR) is 160 cm³/mol. The van der Waals surface area contributed by atoms with Gasteiger partial charge in [0.05, 0.1) is 44.5 Å². The molecule has 3 aromatic rings. The van der Waals surface area contributed by atoms with Crippen molar-refractivity contribution >= 4 is 29.8 Å². The molecule has 0 aliphatic carbocycles. The first kappa shape index (κ1) is 33.1. The fourth-order valence-electron chi connectivity index (χ4n) is 5.16. The lowest BCUT2D eigenvalue weighted by Gasteiger charge is -2.36. The Labute approximate surface area is 269 Å². The van der Waals surface area contributed by atoms with Gasteiger partial charge in [-0.1, -0.05) is 18.2 Å². The number of hydrogen-bond acceptors (Lipinski definition) is 13. The van der Waals surface area contributed by atoms with Crippen LogP contribution in [0.15, 0.2) is 60.7 Å². The van der Waals surface area contributed by atoms with E-state index in [1.807, 2.05) is 0 Å². The topological polar surface area (TPSA) is 159 Å². The minimum atomic E-state index is -1.42. The molecule has 2 aliphatic rings. The monoisotopic (exact) mass is 648 g/mol. The number of carbonyl (C=O) groups excluding carboxylic acids is 5. The van der Waals surface area contributed by atoms with Crippen molar-refractivity contribution in [2.24, 2.45) is 0 Å². The summed E-state index contributed by atoms with van der Waals surface area (Å²) in [6.07, 6.45) is -0.796. The zero-order valence-electron chi connectivity index (χ0n) is 25.7. The van der Waals surface area contributed by atoms with Crippen LogP contribution in [0, 0.1) is 0 Å². The summed E-state index contributed by atoms with van der Waals surface area (Å²) in [6, 6.07) is 16.2. The summed E-state index contributed by atoms with van der Waals surface area (Å²) in [6.45, 7) is 0.639. The Morgan fingerprint density at radius 2 is 1.11 bits per heavy atom. The van der Waals surface area contributed by atoms with Gasteiger partial charge in [0.1, 0.15) is 36.2 Å². The summed E-state index contributed by atoms with van der Waals surface area (Å²) in [5.74, 6) is -2.33. The summed E-state index contributed by atoms with van der Waals surface area (Å²) in [4.78, 5) is 61.9. The molecule has 0 saturated heterocycles. The number of carbonyl (C=O) groups is 5. The van der Waals surface area contributed by atoms with E-state index in [2.05, 4.69) is 0 Å². The summed E-state index contributed by atoms with van der Waals surface area (Å²) in [5.41, 5.74) is 0.471. The van der Waals surface area contributed by atoms with Gasteiger partial charge in [0.2, 0.25) is 0 Å². The highest BCUT2D eigenvalue weighted by molar-refractivity contribution is 5.97. The molecule has 13 nitrogen and oxygen atoms in total. The molecular formula is C34H32O13. The van der Waals surface area contributed by atoms with Crippen LogP contribution in [0.3, 0.4) is 0 Å². The third-order valence-corrected chi connectivity index (χ3v) is 7.29. The van der Waals surface area contributed by atoms with E-state index in [1.165, 1.54) is 38.5 Å². The highest BCUT2D eigenvalue weighted by Crippen LogP contribution is 2.57. The number of fused-ring (bicyclic) bond motifs is 6. The van der Waals surface area contributed by atoms with Gasteiger partial charge in [0.15, 0.2) is 5.60 Å². The van der Waals surface area contributed by atoms with Crippen LogP contribution in [0.25, 0.3) is 0 Å². The molecule has 246 valence electrons. The van der Waals surface area contributed by atoms with Crippen molar-refractivity contribution in [1.29, 1.82) is 0 Å². The van der Waals surface area contributed by atoms with Gasteiger partial charge in [-0.05, 0) is 30.3 Å². The van der Waals surface area contributed by atoms with Gasteiger partial charge in [-0.15, -0.1) is 0 Å². The Hall–Kier alpha value is -5.27. The third kappa shape index (κ3) is 7.42. The lowest BCUT2D eigenvalue weighted by atomic mass is 9.77. The molecule has 0 bridgehead atoms. The minimum Gasteiger partial charge on any atom is -0.463 e. The van der Waals surface area contributed by atoms with Crippen molar-refractivity contribution in [3.63, 3.8) is 0 Å². The van der Waals surface area contributed by atoms with Gasteiger partial charge in [-0.2, -0.15) is 0 Å². The van der Waals surface area contributed by atoms with Gasteiger partial charge in [0.25, 0.3) is 0 Å².